The van der Waals surface area contributed by atoms with E-state index in [4.69, 9.17) is 0 Å². The summed E-state index contributed by atoms with van der Waals surface area (Å²) in [7, 11) is 0. The highest BCUT2D eigenvalue weighted by Crippen LogP contribution is 2.63. The molecule has 0 N–H and O–H groups in total. The van der Waals surface area contributed by atoms with Crippen LogP contribution >= 0.6 is 11.8 Å². The fraction of sp³-hybridized carbons (Fsp3) is 0.0213. The number of fused-ring (bicyclic) bond motifs is 12. The molecule has 8 aromatic carbocycles. The van der Waals surface area contributed by atoms with Crippen molar-refractivity contribution in [2.24, 2.45) is 0 Å². The Morgan fingerprint density at radius 2 is 0.833 bits per heavy atom. The SMILES string of the molecule is c1cc(-c2ccc3c(c2)-c2cccc4cccc(c24)S3)cc(-c2ccc3c(c2)C2(c4ccccc4-c4ccccc42)c2ccccc2-3)c1. The zero-order valence-electron chi connectivity index (χ0n) is 26.1. The van der Waals surface area contributed by atoms with Crippen molar-refractivity contribution in [1.82, 2.24) is 0 Å². The lowest BCUT2D eigenvalue weighted by Crippen LogP contribution is -2.25. The van der Waals surface area contributed by atoms with Crippen molar-refractivity contribution >= 4 is 22.5 Å². The van der Waals surface area contributed by atoms with E-state index in [2.05, 4.69) is 170 Å². The van der Waals surface area contributed by atoms with Gasteiger partial charge in [-0.05, 0) is 114 Å². The Hall–Kier alpha value is -5.63. The maximum atomic E-state index is 2.48. The van der Waals surface area contributed by atoms with Crippen molar-refractivity contribution in [2.45, 2.75) is 15.2 Å². The standard InChI is InChI=1S/C47H28S/c1-4-18-40-34(14-1)35-15-2-5-19-41(35)47(40)42-20-6-3-16-36(42)37-24-22-33(28-43(37)47)31-13-7-12-30(26-31)32-23-25-44-39(27-32)38-17-8-10-29-11-9-21-45(48-44)46(29)38/h1-28H. The summed E-state index contributed by atoms with van der Waals surface area (Å²) in [5, 5.41) is 2.67. The molecular weight excluding hydrogens is 597 g/mol. The van der Waals surface area contributed by atoms with Gasteiger partial charge in [0.05, 0.1) is 5.41 Å². The number of benzene rings is 8. The summed E-state index contributed by atoms with van der Waals surface area (Å²) in [6, 6.07) is 63.7. The molecule has 0 radical (unpaired) electrons. The van der Waals surface area contributed by atoms with E-state index in [1.54, 1.807) is 0 Å². The molecule has 0 atom stereocenters. The molecule has 2 aliphatic carbocycles. The molecule has 48 heavy (non-hydrogen) atoms. The second kappa shape index (κ2) is 9.70. The zero-order valence-corrected chi connectivity index (χ0v) is 26.9. The van der Waals surface area contributed by atoms with Crippen LogP contribution in [0.1, 0.15) is 22.3 Å². The largest absolute Gasteiger partial charge is 0.0888 e. The first kappa shape index (κ1) is 26.4. The fourth-order valence-electron chi connectivity index (χ4n) is 8.90. The average molecular weight is 625 g/mol. The molecule has 0 nitrogen and oxygen atoms in total. The van der Waals surface area contributed by atoms with Gasteiger partial charge in [0.25, 0.3) is 0 Å². The smallest absolute Gasteiger partial charge is 0.0725 e. The normalized spacial score (nSPS) is 13.9. The highest BCUT2D eigenvalue weighted by Gasteiger charge is 2.51. The first-order valence-corrected chi connectivity index (χ1v) is 17.5. The molecule has 1 heteroatoms. The van der Waals surface area contributed by atoms with Crippen LogP contribution in [0.25, 0.3) is 66.4 Å². The van der Waals surface area contributed by atoms with E-state index in [0.717, 1.165) is 0 Å². The maximum Gasteiger partial charge on any atom is 0.0725 e. The van der Waals surface area contributed by atoms with E-state index in [0.29, 0.717) is 0 Å². The first-order valence-electron chi connectivity index (χ1n) is 16.7. The Morgan fingerprint density at radius 1 is 0.312 bits per heavy atom. The van der Waals surface area contributed by atoms with Crippen molar-refractivity contribution in [3.05, 3.63) is 192 Å². The number of hydrogen-bond donors (Lipinski definition) is 0. The van der Waals surface area contributed by atoms with E-state index < -0.39 is 0 Å². The Kier molecular flexibility index (Phi) is 5.34. The molecule has 0 bridgehead atoms. The molecular formula is C47H28S. The second-order valence-corrected chi connectivity index (χ2v) is 14.3. The summed E-state index contributed by atoms with van der Waals surface area (Å²) in [5.74, 6) is 0. The van der Waals surface area contributed by atoms with Crippen LogP contribution in [0.5, 0.6) is 0 Å². The van der Waals surface area contributed by atoms with Crippen molar-refractivity contribution in [1.29, 1.82) is 0 Å². The van der Waals surface area contributed by atoms with Crippen LogP contribution in [-0.2, 0) is 5.41 Å². The third-order valence-corrected chi connectivity index (χ3v) is 12.0. The fourth-order valence-corrected chi connectivity index (χ4v) is 10.0. The van der Waals surface area contributed by atoms with E-state index in [1.807, 2.05) is 11.8 Å². The van der Waals surface area contributed by atoms with Gasteiger partial charge < -0.3 is 0 Å². The first-order chi connectivity index (χ1) is 23.8. The molecule has 3 aliphatic rings. The predicted octanol–water partition coefficient (Wildman–Crippen LogP) is 12.6. The molecule has 8 aromatic rings. The van der Waals surface area contributed by atoms with Crippen molar-refractivity contribution < 1.29 is 0 Å². The molecule has 0 amide bonds. The second-order valence-electron chi connectivity index (χ2n) is 13.2. The van der Waals surface area contributed by atoms with Crippen LogP contribution in [0.3, 0.4) is 0 Å². The van der Waals surface area contributed by atoms with Crippen LogP contribution < -0.4 is 0 Å². The minimum Gasteiger partial charge on any atom is -0.0888 e. The molecule has 11 rings (SSSR count). The summed E-state index contributed by atoms with van der Waals surface area (Å²) in [6.45, 7) is 0. The highest BCUT2D eigenvalue weighted by molar-refractivity contribution is 7.99. The monoisotopic (exact) mass is 624 g/mol. The van der Waals surface area contributed by atoms with Gasteiger partial charge >= 0.3 is 0 Å². The van der Waals surface area contributed by atoms with E-state index >= 15 is 0 Å². The molecule has 0 saturated heterocycles. The van der Waals surface area contributed by atoms with Gasteiger partial charge in [0.1, 0.15) is 0 Å². The lowest BCUT2D eigenvalue weighted by atomic mass is 9.70. The number of rotatable bonds is 2. The molecule has 0 fully saturated rings. The van der Waals surface area contributed by atoms with Gasteiger partial charge in [0.2, 0.25) is 0 Å². The molecule has 222 valence electrons. The van der Waals surface area contributed by atoms with Crippen molar-refractivity contribution in [2.75, 3.05) is 0 Å². The summed E-state index contributed by atoms with van der Waals surface area (Å²) in [6.07, 6.45) is 0. The Bertz CT molecular complexity index is 2590. The van der Waals surface area contributed by atoms with Crippen LogP contribution in [0, 0.1) is 0 Å². The molecule has 0 unspecified atom stereocenters. The van der Waals surface area contributed by atoms with Gasteiger partial charge in [0, 0.05) is 15.2 Å². The van der Waals surface area contributed by atoms with Gasteiger partial charge in [-0.3, -0.25) is 0 Å². The van der Waals surface area contributed by atoms with E-state index in [1.165, 1.54) is 98.5 Å². The van der Waals surface area contributed by atoms with Crippen LogP contribution in [0.4, 0.5) is 0 Å². The van der Waals surface area contributed by atoms with E-state index in [-0.39, 0.29) is 5.41 Å². The quantitative estimate of drug-likeness (QED) is 0.184. The summed E-state index contributed by atoms with van der Waals surface area (Å²) >= 11 is 1.88. The predicted molar refractivity (Wildman–Crippen MR) is 201 cm³/mol. The van der Waals surface area contributed by atoms with Crippen LogP contribution in [0.2, 0.25) is 0 Å². The minimum absolute atomic E-state index is 0.333. The molecule has 1 aliphatic heterocycles. The van der Waals surface area contributed by atoms with Gasteiger partial charge in [-0.15, -0.1) is 0 Å². The molecule has 1 spiro atoms. The van der Waals surface area contributed by atoms with Crippen LogP contribution in [0.15, 0.2) is 180 Å². The van der Waals surface area contributed by atoms with Gasteiger partial charge in [0.15, 0.2) is 0 Å². The van der Waals surface area contributed by atoms with Crippen LogP contribution in [-0.4, -0.2) is 0 Å². The minimum atomic E-state index is -0.333. The molecule has 0 aromatic heterocycles. The highest BCUT2D eigenvalue weighted by atomic mass is 32.2. The van der Waals surface area contributed by atoms with Crippen molar-refractivity contribution in [3.8, 4) is 55.6 Å². The molecule has 1 heterocycles. The lowest BCUT2D eigenvalue weighted by molar-refractivity contribution is 0.794. The zero-order chi connectivity index (χ0) is 31.4. The Morgan fingerprint density at radius 3 is 1.52 bits per heavy atom. The topological polar surface area (TPSA) is 0 Å². The Balaban J connectivity index is 1.08. The van der Waals surface area contributed by atoms with Gasteiger partial charge in [-0.25, -0.2) is 0 Å². The number of hydrogen-bond acceptors (Lipinski definition) is 1. The van der Waals surface area contributed by atoms with Crippen molar-refractivity contribution in [3.63, 3.8) is 0 Å². The summed E-state index contributed by atoms with van der Waals surface area (Å²) in [5.41, 5.74) is 18.2. The average Bonchev–Trinajstić information content (AvgIpc) is 3.62. The third-order valence-electron chi connectivity index (χ3n) is 10.9. The van der Waals surface area contributed by atoms with Gasteiger partial charge in [-0.2, -0.15) is 0 Å². The lowest BCUT2D eigenvalue weighted by Gasteiger charge is -2.30. The third kappa shape index (κ3) is 3.41. The maximum absolute atomic E-state index is 2.48. The summed E-state index contributed by atoms with van der Waals surface area (Å²) < 4.78 is 0. The molecule has 0 saturated carbocycles. The Labute approximate surface area is 284 Å². The van der Waals surface area contributed by atoms with Gasteiger partial charge in [-0.1, -0.05) is 151 Å². The van der Waals surface area contributed by atoms with E-state index in [9.17, 15) is 0 Å². The summed E-state index contributed by atoms with van der Waals surface area (Å²) in [4.78, 5) is 2.66.